The average Bonchev–Trinajstić information content (AvgIpc) is 2.64. The molecule has 1 unspecified atom stereocenters. The van der Waals surface area contributed by atoms with E-state index in [0.29, 0.717) is 27.1 Å². The molecule has 0 bridgehead atoms. The van der Waals surface area contributed by atoms with Crippen molar-refractivity contribution in [1.29, 1.82) is 0 Å². The van der Waals surface area contributed by atoms with Crippen molar-refractivity contribution in [3.05, 3.63) is 94.0 Å². The fourth-order valence-electron chi connectivity index (χ4n) is 2.39. The minimum Gasteiger partial charge on any atom is -0.478 e. The van der Waals surface area contributed by atoms with Gasteiger partial charge in [-0.15, -0.1) is 12.4 Å². The van der Waals surface area contributed by atoms with Crippen molar-refractivity contribution < 1.29 is 13.9 Å². The van der Waals surface area contributed by atoms with Crippen molar-refractivity contribution in [2.45, 2.75) is 12.5 Å². The van der Waals surface area contributed by atoms with Crippen LogP contribution in [0.5, 0.6) is 5.75 Å². The van der Waals surface area contributed by atoms with Crippen molar-refractivity contribution in [2.75, 3.05) is 0 Å². The van der Waals surface area contributed by atoms with Gasteiger partial charge in [0.2, 0.25) is 0 Å². The van der Waals surface area contributed by atoms with Crippen molar-refractivity contribution in [3.8, 4) is 5.75 Å². The smallest absolute Gasteiger partial charge is 0.183 e. The normalized spacial score (nSPS) is 11.4. The van der Waals surface area contributed by atoms with Gasteiger partial charge in [0.05, 0.1) is 12.6 Å². The molecule has 0 N–H and O–H groups in total. The SMILES string of the molecule is Cl.O=C(Cc1ccc(F)cn1)C(Oc1ccc(Cl)cc1)c1ccc(Cl)cc1. The molecule has 0 aliphatic carbocycles. The molecule has 0 radical (unpaired) electrons. The van der Waals surface area contributed by atoms with E-state index in [-0.39, 0.29) is 24.6 Å². The van der Waals surface area contributed by atoms with Crippen LogP contribution in [-0.4, -0.2) is 10.8 Å². The second-order valence-electron chi connectivity index (χ2n) is 5.61. The molecule has 1 atom stereocenters. The maximum Gasteiger partial charge on any atom is 0.183 e. The van der Waals surface area contributed by atoms with Gasteiger partial charge in [-0.2, -0.15) is 0 Å². The number of aromatic nitrogens is 1. The van der Waals surface area contributed by atoms with E-state index < -0.39 is 11.9 Å². The van der Waals surface area contributed by atoms with E-state index in [1.807, 2.05) is 0 Å². The number of hydrogen-bond acceptors (Lipinski definition) is 3. The third-order valence-corrected chi connectivity index (χ3v) is 4.18. The first-order chi connectivity index (χ1) is 12.5. The van der Waals surface area contributed by atoms with Gasteiger partial charge in [0.1, 0.15) is 11.6 Å². The van der Waals surface area contributed by atoms with E-state index in [1.54, 1.807) is 48.5 Å². The highest BCUT2D eigenvalue weighted by atomic mass is 35.5. The molecule has 1 heterocycles. The molecule has 0 fully saturated rings. The molecule has 0 aliphatic heterocycles. The van der Waals surface area contributed by atoms with Crippen LogP contribution >= 0.6 is 35.6 Å². The zero-order valence-corrected chi connectivity index (χ0v) is 16.3. The lowest BCUT2D eigenvalue weighted by molar-refractivity contribution is -0.125. The molecule has 140 valence electrons. The van der Waals surface area contributed by atoms with Crippen molar-refractivity contribution in [3.63, 3.8) is 0 Å². The van der Waals surface area contributed by atoms with Crippen LogP contribution in [0.2, 0.25) is 10.0 Å². The fourth-order valence-corrected chi connectivity index (χ4v) is 2.64. The minimum atomic E-state index is -0.847. The van der Waals surface area contributed by atoms with Crippen LogP contribution < -0.4 is 4.74 Å². The predicted octanol–water partition coefficient (Wildman–Crippen LogP) is 5.88. The summed E-state index contributed by atoms with van der Waals surface area (Å²) in [4.78, 5) is 16.8. The molecular weight excluding hydrogens is 412 g/mol. The highest BCUT2D eigenvalue weighted by Gasteiger charge is 2.23. The number of carbonyl (C=O) groups is 1. The zero-order chi connectivity index (χ0) is 18.5. The Morgan fingerprint density at radius 1 is 0.963 bits per heavy atom. The van der Waals surface area contributed by atoms with Gasteiger partial charge in [-0.25, -0.2) is 4.39 Å². The number of Topliss-reactive ketones (excluding diaryl/α,β-unsaturated/α-hetero) is 1. The molecule has 3 nitrogen and oxygen atoms in total. The van der Waals surface area contributed by atoms with Crippen molar-refractivity contribution >= 4 is 41.4 Å². The molecule has 0 amide bonds. The molecule has 0 saturated carbocycles. The molecule has 2 aromatic carbocycles. The summed E-state index contributed by atoms with van der Waals surface area (Å²) in [7, 11) is 0. The number of pyridine rings is 1. The van der Waals surface area contributed by atoms with E-state index >= 15 is 0 Å². The highest BCUT2D eigenvalue weighted by molar-refractivity contribution is 6.30. The summed E-state index contributed by atoms with van der Waals surface area (Å²) in [6.07, 6.45) is 0.251. The maximum absolute atomic E-state index is 13.0. The third kappa shape index (κ3) is 5.93. The average molecular weight is 427 g/mol. The monoisotopic (exact) mass is 425 g/mol. The first-order valence-corrected chi connectivity index (χ1v) is 8.58. The Bertz CT molecular complexity index is 885. The van der Waals surface area contributed by atoms with E-state index in [1.165, 1.54) is 12.1 Å². The highest BCUT2D eigenvalue weighted by Crippen LogP contribution is 2.26. The van der Waals surface area contributed by atoms with Crippen LogP contribution in [0.25, 0.3) is 0 Å². The van der Waals surface area contributed by atoms with Crippen LogP contribution in [0, 0.1) is 5.82 Å². The molecule has 0 saturated heterocycles. The number of benzene rings is 2. The molecule has 7 heteroatoms. The Balaban J connectivity index is 0.00000261. The summed E-state index contributed by atoms with van der Waals surface area (Å²) in [6.45, 7) is 0. The van der Waals surface area contributed by atoms with Gasteiger partial charge in [-0.1, -0.05) is 35.3 Å². The minimum absolute atomic E-state index is 0. The number of carbonyl (C=O) groups excluding carboxylic acids is 1. The number of ketones is 1. The van der Waals surface area contributed by atoms with Crippen LogP contribution in [0.15, 0.2) is 66.9 Å². The van der Waals surface area contributed by atoms with Gasteiger partial charge in [0.25, 0.3) is 0 Å². The number of rotatable bonds is 6. The van der Waals surface area contributed by atoms with E-state index in [2.05, 4.69) is 4.98 Å². The van der Waals surface area contributed by atoms with Crippen LogP contribution in [0.1, 0.15) is 17.4 Å². The first-order valence-electron chi connectivity index (χ1n) is 7.82. The molecule has 27 heavy (non-hydrogen) atoms. The molecular formula is C20H15Cl3FNO2. The fraction of sp³-hybridized carbons (Fsp3) is 0.100. The summed E-state index contributed by atoms with van der Waals surface area (Å²) < 4.78 is 18.9. The summed E-state index contributed by atoms with van der Waals surface area (Å²) in [5.41, 5.74) is 1.13. The molecule has 1 aromatic heterocycles. The van der Waals surface area contributed by atoms with Gasteiger partial charge in [0.15, 0.2) is 11.9 Å². The van der Waals surface area contributed by atoms with Gasteiger partial charge in [-0.05, 0) is 54.1 Å². The van der Waals surface area contributed by atoms with Gasteiger partial charge < -0.3 is 4.74 Å². The van der Waals surface area contributed by atoms with Crippen LogP contribution in [0.4, 0.5) is 4.39 Å². The lowest BCUT2D eigenvalue weighted by Gasteiger charge is -2.19. The van der Waals surface area contributed by atoms with Gasteiger partial charge in [-0.3, -0.25) is 9.78 Å². The topological polar surface area (TPSA) is 39.2 Å². The Morgan fingerprint density at radius 3 is 2.11 bits per heavy atom. The lowest BCUT2D eigenvalue weighted by Crippen LogP contribution is -2.21. The van der Waals surface area contributed by atoms with Crippen LogP contribution in [-0.2, 0) is 11.2 Å². The second kappa shape index (κ2) is 9.70. The predicted molar refractivity (Wildman–Crippen MR) is 106 cm³/mol. The number of halogens is 4. The van der Waals surface area contributed by atoms with Gasteiger partial charge in [0, 0.05) is 15.7 Å². The number of hydrogen-bond donors (Lipinski definition) is 0. The standard InChI is InChI=1S/C20H14Cl2FNO2.ClH/c21-14-3-1-13(2-4-14)20(26-18-9-5-15(22)6-10-18)19(25)11-17-8-7-16(23)12-24-17;/h1-10,12,20H,11H2;1H. The quantitative estimate of drug-likeness (QED) is 0.494. The van der Waals surface area contributed by atoms with Crippen molar-refractivity contribution in [1.82, 2.24) is 4.98 Å². The lowest BCUT2D eigenvalue weighted by atomic mass is 10.0. The molecule has 0 spiro atoms. The summed E-state index contributed by atoms with van der Waals surface area (Å²) >= 11 is 11.8. The summed E-state index contributed by atoms with van der Waals surface area (Å²) in [6, 6.07) is 16.4. The summed E-state index contributed by atoms with van der Waals surface area (Å²) in [5, 5.41) is 1.13. The van der Waals surface area contributed by atoms with Gasteiger partial charge >= 0.3 is 0 Å². The largest absolute Gasteiger partial charge is 0.478 e. The van der Waals surface area contributed by atoms with E-state index in [9.17, 15) is 9.18 Å². The molecule has 3 rings (SSSR count). The van der Waals surface area contributed by atoms with E-state index in [0.717, 1.165) is 6.20 Å². The van der Waals surface area contributed by atoms with Crippen molar-refractivity contribution in [2.24, 2.45) is 0 Å². The van der Waals surface area contributed by atoms with Crippen LogP contribution in [0.3, 0.4) is 0 Å². The Hall–Kier alpha value is -2.14. The Labute approximate surface area is 172 Å². The third-order valence-electron chi connectivity index (χ3n) is 3.68. The second-order valence-corrected chi connectivity index (χ2v) is 6.49. The zero-order valence-electron chi connectivity index (χ0n) is 13.9. The maximum atomic E-state index is 13.0. The molecule has 3 aromatic rings. The number of ether oxygens (including phenoxy) is 1. The Kier molecular flexibility index (Phi) is 7.60. The Morgan fingerprint density at radius 2 is 1.56 bits per heavy atom. The first kappa shape index (κ1) is 21.2. The number of nitrogens with zero attached hydrogens (tertiary/aromatic N) is 1. The summed E-state index contributed by atoms with van der Waals surface area (Å²) in [5.74, 6) is -0.149. The van der Waals surface area contributed by atoms with E-state index in [4.69, 9.17) is 27.9 Å². The molecule has 0 aliphatic rings.